The highest BCUT2D eigenvalue weighted by atomic mass is 15.1. The van der Waals surface area contributed by atoms with Crippen molar-refractivity contribution >= 4 is 11.6 Å². The lowest BCUT2D eigenvalue weighted by Crippen LogP contribution is -2.22. The van der Waals surface area contributed by atoms with E-state index < -0.39 is 0 Å². The SMILES string of the molecule is CCNc1cc(NCC(C)(C)CC)nc(C2CC2)n1. The quantitative estimate of drug-likeness (QED) is 0.787. The van der Waals surface area contributed by atoms with Gasteiger partial charge in [-0.1, -0.05) is 20.8 Å². The van der Waals surface area contributed by atoms with Gasteiger partial charge in [-0.15, -0.1) is 0 Å². The van der Waals surface area contributed by atoms with E-state index in [9.17, 15) is 0 Å². The first-order valence-corrected chi connectivity index (χ1v) is 7.41. The fourth-order valence-corrected chi connectivity index (χ4v) is 1.81. The van der Waals surface area contributed by atoms with E-state index in [-0.39, 0.29) is 0 Å². The average molecular weight is 262 g/mol. The minimum Gasteiger partial charge on any atom is -0.370 e. The zero-order valence-electron chi connectivity index (χ0n) is 12.6. The van der Waals surface area contributed by atoms with Crippen LogP contribution in [0.25, 0.3) is 0 Å². The Hall–Kier alpha value is -1.32. The molecule has 2 rings (SSSR count). The van der Waals surface area contributed by atoms with Crippen LogP contribution in [-0.4, -0.2) is 23.1 Å². The Bertz CT molecular complexity index is 424. The maximum Gasteiger partial charge on any atom is 0.136 e. The van der Waals surface area contributed by atoms with Crippen molar-refractivity contribution in [3.63, 3.8) is 0 Å². The second-order valence-electron chi connectivity index (χ2n) is 6.17. The Kier molecular flexibility index (Phi) is 4.27. The van der Waals surface area contributed by atoms with Crippen LogP contribution >= 0.6 is 0 Å². The molecule has 19 heavy (non-hydrogen) atoms. The Labute approximate surface area is 116 Å². The molecule has 0 amide bonds. The summed E-state index contributed by atoms with van der Waals surface area (Å²) in [7, 11) is 0. The molecule has 1 aliphatic rings. The topological polar surface area (TPSA) is 49.8 Å². The molecular formula is C15H26N4. The number of hydrogen-bond acceptors (Lipinski definition) is 4. The highest BCUT2D eigenvalue weighted by Crippen LogP contribution is 2.38. The lowest BCUT2D eigenvalue weighted by molar-refractivity contribution is 0.376. The zero-order valence-corrected chi connectivity index (χ0v) is 12.6. The third-order valence-corrected chi connectivity index (χ3v) is 3.75. The molecule has 0 bridgehead atoms. The van der Waals surface area contributed by atoms with Crippen molar-refractivity contribution in [1.29, 1.82) is 0 Å². The highest BCUT2D eigenvalue weighted by molar-refractivity contribution is 5.48. The average Bonchev–Trinajstić information content (AvgIpc) is 3.21. The van der Waals surface area contributed by atoms with Crippen molar-refractivity contribution in [1.82, 2.24) is 9.97 Å². The van der Waals surface area contributed by atoms with Gasteiger partial charge in [0, 0.05) is 25.1 Å². The summed E-state index contributed by atoms with van der Waals surface area (Å²) in [6.07, 6.45) is 3.62. The molecule has 0 aromatic carbocycles. The van der Waals surface area contributed by atoms with Crippen LogP contribution in [0.4, 0.5) is 11.6 Å². The van der Waals surface area contributed by atoms with Crippen molar-refractivity contribution in [2.24, 2.45) is 5.41 Å². The van der Waals surface area contributed by atoms with Gasteiger partial charge in [-0.25, -0.2) is 9.97 Å². The van der Waals surface area contributed by atoms with Gasteiger partial charge in [0.15, 0.2) is 0 Å². The molecule has 1 saturated carbocycles. The Balaban J connectivity index is 2.09. The van der Waals surface area contributed by atoms with Crippen molar-refractivity contribution in [2.75, 3.05) is 23.7 Å². The van der Waals surface area contributed by atoms with Crippen molar-refractivity contribution < 1.29 is 0 Å². The first-order chi connectivity index (χ1) is 9.04. The van der Waals surface area contributed by atoms with E-state index in [4.69, 9.17) is 0 Å². The molecule has 1 aromatic rings. The minimum absolute atomic E-state index is 0.295. The second-order valence-corrected chi connectivity index (χ2v) is 6.17. The highest BCUT2D eigenvalue weighted by Gasteiger charge is 2.27. The minimum atomic E-state index is 0.295. The summed E-state index contributed by atoms with van der Waals surface area (Å²) in [4.78, 5) is 9.24. The predicted octanol–water partition coefficient (Wildman–Crippen LogP) is 3.63. The molecule has 4 nitrogen and oxygen atoms in total. The lowest BCUT2D eigenvalue weighted by atomic mass is 9.90. The Morgan fingerprint density at radius 3 is 2.32 bits per heavy atom. The van der Waals surface area contributed by atoms with Gasteiger partial charge in [0.1, 0.15) is 17.5 Å². The normalized spacial score (nSPS) is 15.4. The van der Waals surface area contributed by atoms with Crippen LogP contribution in [0.3, 0.4) is 0 Å². The monoisotopic (exact) mass is 262 g/mol. The van der Waals surface area contributed by atoms with Crippen LogP contribution in [0.2, 0.25) is 0 Å². The molecule has 0 atom stereocenters. The Morgan fingerprint density at radius 1 is 1.16 bits per heavy atom. The van der Waals surface area contributed by atoms with Crippen LogP contribution < -0.4 is 10.6 Å². The zero-order chi connectivity index (χ0) is 13.9. The predicted molar refractivity (Wildman–Crippen MR) is 80.7 cm³/mol. The molecule has 0 aliphatic heterocycles. The number of nitrogens with one attached hydrogen (secondary N) is 2. The first-order valence-electron chi connectivity index (χ1n) is 7.41. The van der Waals surface area contributed by atoms with Gasteiger partial charge in [0.05, 0.1) is 0 Å². The summed E-state index contributed by atoms with van der Waals surface area (Å²) in [6, 6.07) is 2.02. The maximum atomic E-state index is 4.65. The molecule has 0 radical (unpaired) electrons. The van der Waals surface area contributed by atoms with Crippen molar-refractivity contribution in [2.45, 2.75) is 52.9 Å². The van der Waals surface area contributed by atoms with Gasteiger partial charge in [0.2, 0.25) is 0 Å². The van der Waals surface area contributed by atoms with Crippen LogP contribution in [0, 0.1) is 5.41 Å². The van der Waals surface area contributed by atoms with Gasteiger partial charge in [-0.05, 0) is 31.6 Å². The molecular weight excluding hydrogens is 236 g/mol. The summed E-state index contributed by atoms with van der Waals surface area (Å²) < 4.78 is 0. The lowest BCUT2D eigenvalue weighted by Gasteiger charge is -2.23. The largest absolute Gasteiger partial charge is 0.370 e. The third kappa shape index (κ3) is 4.08. The molecule has 106 valence electrons. The number of nitrogens with zero attached hydrogens (tertiary/aromatic N) is 2. The van der Waals surface area contributed by atoms with Crippen LogP contribution in [0.5, 0.6) is 0 Å². The molecule has 0 spiro atoms. The maximum absolute atomic E-state index is 4.65. The molecule has 0 saturated heterocycles. The molecule has 4 heteroatoms. The van der Waals surface area contributed by atoms with E-state index >= 15 is 0 Å². The van der Waals surface area contributed by atoms with Gasteiger partial charge >= 0.3 is 0 Å². The molecule has 1 fully saturated rings. The van der Waals surface area contributed by atoms with E-state index in [0.29, 0.717) is 11.3 Å². The van der Waals surface area contributed by atoms with Crippen LogP contribution in [0.1, 0.15) is 58.7 Å². The number of rotatable bonds is 7. The summed E-state index contributed by atoms with van der Waals surface area (Å²) in [6.45, 7) is 10.7. The number of aromatic nitrogens is 2. The van der Waals surface area contributed by atoms with E-state index in [1.54, 1.807) is 0 Å². The van der Waals surface area contributed by atoms with E-state index in [1.807, 2.05) is 6.07 Å². The van der Waals surface area contributed by atoms with Gasteiger partial charge < -0.3 is 10.6 Å². The van der Waals surface area contributed by atoms with Gasteiger partial charge in [-0.3, -0.25) is 0 Å². The van der Waals surface area contributed by atoms with Crippen LogP contribution in [-0.2, 0) is 0 Å². The fourth-order valence-electron chi connectivity index (χ4n) is 1.81. The number of anilines is 2. The standard InChI is InChI=1S/C15H26N4/c1-5-15(3,4)10-17-13-9-12(16-6-2)18-14(19-13)11-7-8-11/h9,11H,5-8,10H2,1-4H3,(H2,16,17,18,19). The molecule has 0 unspecified atom stereocenters. The van der Waals surface area contributed by atoms with Crippen LogP contribution in [0.15, 0.2) is 6.07 Å². The molecule has 1 heterocycles. The summed E-state index contributed by atoms with van der Waals surface area (Å²) in [5.74, 6) is 3.47. The van der Waals surface area contributed by atoms with E-state index in [2.05, 4.69) is 48.3 Å². The molecule has 2 N–H and O–H groups in total. The van der Waals surface area contributed by atoms with Gasteiger partial charge in [0.25, 0.3) is 0 Å². The summed E-state index contributed by atoms with van der Waals surface area (Å²) >= 11 is 0. The van der Waals surface area contributed by atoms with E-state index in [1.165, 1.54) is 12.8 Å². The van der Waals surface area contributed by atoms with Crippen molar-refractivity contribution in [3.8, 4) is 0 Å². The fraction of sp³-hybridized carbons (Fsp3) is 0.733. The van der Waals surface area contributed by atoms with E-state index in [0.717, 1.165) is 37.0 Å². The smallest absolute Gasteiger partial charge is 0.136 e. The number of hydrogen-bond donors (Lipinski definition) is 2. The first kappa shape index (κ1) is 14.1. The molecule has 1 aliphatic carbocycles. The Morgan fingerprint density at radius 2 is 1.79 bits per heavy atom. The third-order valence-electron chi connectivity index (χ3n) is 3.75. The van der Waals surface area contributed by atoms with Gasteiger partial charge in [-0.2, -0.15) is 0 Å². The second kappa shape index (κ2) is 5.76. The summed E-state index contributed by atoms with van der Waals surface area (Å²) in [5.41, 5.74) is 0.295. The van der Waals surface area contributed by atoms with Crippen molar-refractivity contribution in [3.05, 3.63) is 11.9 Å². The summed E-state index contributed by atoms with van der Waals surface area (Å²) in [5, 5.41) is 6.76. The molecule has 1 aromatic heterocycles.